The van der Waals surface area contributed by atoms with Crippen LogP contribution in [-0.2, 0) is 41.7 Å². The summed E-state index contributed by atoms with van der Waals surface area (Å²) in [7, 11) is 3.35. The van der Waals surface area contributed by atoms with E-state index in [-0.39, 0.29) is 118 Å². The molecule has 4 aliphatic rings. The number of nitrogens with two attached hydrogens (primary N) is 1. The van der Waals surface area contributed by atoms with Gasteiger partial charge in [0.25, 0.3) is 11.7 Å². The van der Waals surface area contributed by atoms with E-state index in [9.17, 15) is 33.2 Å². The van der Waals surface area contributed by atoms with Gasteiger partial charge in [0.15, 0.2) is 17.4 Å². The van der Waals surface area contributed by atoms with Crippen molar-refractivity contribution in [3.05, 3.63) is 99.9 Å². The van der Waals surface area contributed by atoms with Crippen molar-refractivity contribution in [1.82, 2.24) is 45.4 Å². The lowest BCUT2D eigenvalue weighted by Crippen LogP contribution is -2.58. The summed E-state index contributed by atoms with van der Waals surface area (Å²) in [5.74, 6) is -0.846. The van der Waals surface area contributed by atoms with Crippen LogP contribution in [0.2, 0.25) is 0 Å². The Bertz CT molecular complexity index is 2980. The minimum absolute atomic E-state index is 0.0756. The van der Waals surface area contributed by atoms with Gasteiger partial charge in [-0.25, -0.2) is 9.37 Å². The molecule has 0 spiro atoms. The monoisotopic (exact) mass is 1100 g/mol. The predicted molar refractivity (Wildman–Crippen MR) is 295 cm³/mol. The van der Waals surface area contributed by atoms with Crippen LogP contribution in [0.15, 0.2) is 59.7 Å². The molecular weight excluding hydrogens is 1040 g/mol. The molecule has 23 heteroatoms. The third-order valence-electron chi connectivity index (χ3n) is 14.8. The first kappa shape index (κ1) is 57.9. The number of aromatic nitrogens is 3. The number of carbonyl (C=O) groups excluding carboxylic acids is 6. The molecule has 0 saturated carbocycles. The van der Waals surface area contributed by atoms with Gasteiger partial charge in [-0.05, 0) is 101 Å². The van der Waals surface area contributed by atoms with Crippen LogP contribution in [0, 0.1) is 25.2 Å². The third-order valence-corrected chi connectivity index (χ3v) is 16.0. The number of benzene rings is 2. The van der Waals surface area contributed by atoms with Gasteiger partial charge in [0.1, 0.15) is 36.2 Å². The fourth-order valence-corrected chi connectivity index (χ4v) is 11.5. The Kier molecular flexibility index (Phi) is 19.5. The summed E-state index contributed by atoms with van der Waals surface area (Å²) in [5.41, 5.74) is 10.3. The summed E-state index contributed by atoms with van der Waals surface area (Å²) in [6.45, 7) is 16.1. The van der Waals surface area contributed by atoms with Gasteiger partial charge >= 0.3 is 0 Å². The van der Waals surface area contributed by atoms with E-state index in [1.165, 1.54) is 40.7 Å². The standard InChI is InChI=1S/C56H69FN12O9S/c1-33-9-14-40-41(28-33)35(3)78-45-29-38(30-62-51(45)58)48-42(31-66(6)55(40)74)65-69(52(48)60-5)23-19-61-46(70)17-24-76-26-27-77-25-18-47(71)67-21-15-36(16-22-67)49(64-53(73)34(2)59-4)56(75)68-20-7-8-44(68)54-63-43(32-79-54)50(72)37-10-12-39(57)13-11-37/h9-14,28-30,34-36,43-44,49,59H,7-8,15-27,31-32H2,1-4,6H3,(H2,58,62)(H,61,70)(H,64,73)/t34-,35+,43?,44-,49-/m0/s1. The Hall–Kier alpha value is -7.26. The van der Waals surface area contributed by atoms with E-state index in [0.717, 1.165) is 12.0 Å². The molecule has 5 atom stereocenters. The average molecular weight is 1110 g/mol. The zero-order valence-electron chi connectivity index (χ0n) is 45.3. The van der Waals surface area contributed by atoms with Gasteiger partial charge in [0, 0.05) is 67.3 Å². The van der Waals surface area contributed by atoms with Crippen molar-refractivity contribution in [2.75, 3.05) is 78.2 Å². The number of aliphatic imine (C=N–C) groups is 1. The lowest BCUT2D eigenvalue weighted by Gasteiger charge is -2.38. The smallest absolute Gasteiger partial charge is 0.260 e. The highest BCUT2D eigenvalue weighted by molar-refractivity contribution is 8.14. The Labute approximate surface area is 463 Å². The SMILES string of the molecule is [C-]#[N+]c1c2c(nn1CCNC(=O)CCOCCOCCC(=O)N1CCC([C@H](NC(=O)[C@H](C)NC)C(=O)N3CCC[C@H]3C3=NC(C(=O)c4ccc(F)cc4)CS3)CC1)CN(C)C(=O)c1ccc(C)cc1[C@@H](C)Oc1cc-2cnc1N. The van der Waals surface area contributed by atoms with Crippen LogP contribution in [0.5, 0.6) is 5.75 Å². The summed E-state index contributed by atoms with van der Waals surface area (Å²) >= 11 is 1.45. The lowest BCUT2D eigenvalue weighted by atomic mass is 9.88. The van der Waals surface area contributed by atoms with E-state index >= 15 is 0 Å². The average Bonchev–Trinajstić information content (AvgIpc) is 4.45. The number of hydrogen-bond donors (Lipinski definition) is 4. The summed E-state index contributed by atoms with van der Waals surface area (Å²) < 4.78 is 32.7. The van der Waals surface area contributed by atoms with Crippen LogP contribution < -0.4 is 26.4 Å². The summed E-state index contributed by atoms with van der Waals surface area (Å²) in [6, 6.07) is 10.4. The quantitative estimate of drug-likeness (QED) is 0.0523. The highest BCUT2D eigenvalue weighted by atomic mass is 32.2. The largest absolute Gasteiger partial charge is 0.482 e. The fourth-order valence-electron chi connectivity index (χ4n) is 10.3. The number of fused-ring (bicyclic) bond motifs is 5. The highest BCUT2D eigenvalue weighted by Crippen LogP contribution is 2.40. The van der Waals surface area contributed by atoms with Crippen LogP contribution in [0.1, 0.15) is 96.0 Å². The molecule has 1 unspecified atom stereocenters. The molecule has 2 bridgehead atoms. The van der Waals surface area contributed by atoms with Gasteiger partial charge < -0.3 is 55.4 Å². The van der Waals surface area contributed by atoms with Gasteiger partial charge in [0.2, 0.25) is 23.6 Å². The molecule has 79 heavy (non-hydrogen) atoms. The number of Topliss-reactive ketones (excluding diaryl/α,β-unsaturated/α-hetero) is 1. The maximum absolute atomic E-state index is 14.5. The Morgan fingerprint density at radius 3 is 2.46 bits per heavy atom. The molecule has 5 amide bonds. The van der Waals surface area contributed by atoms with Gasteiger partial charge in [-0.2, -0.15) is 4.68 Å². The molecule has 2 aromatic heterocycles. The molecule has 6 heterocycles. The maximum Gasteiger partial charge on any atom is 0.260 e. The number of amides is 5. The number of carbonyl (C=O) groups is 6. The number of nitrogen functional groups attached to an aromatic ring is 1. The summed E-state index contributed by atoms with van der Waals surface area (Å²) in [4.78, 5) is 99.0. The van der Waals surface area contributed by atoms with E-state index in [1.807, 2.05) is 26.0 Å². The molecule has 21 nitrogen and oxygen atoms in total. The zero-order chi connectivity index (χ0) is 56.3. The number of aryl methyl sites for hydroxylation is 1. The fraction of sp³-hybridized carbons (Fsp3) is 0.500. The van der Waals surface area contributed by atoms with Crippen molar-refractivity contribution < 1.29 is 47.4 Å². The number of halogens is 1. The number of hydrogen-bond acceptors (Lipinski definition) is 15. The zero-order valence-corrected chi connectivity index (χ0v) is 46.1. The predicted octanol–water partition coefficient (Wildman–Crippen LogP) is 4.90. The molecule has 5 N–H and O–H groups in total. The van der Waals surface area contributed by atoms with Gasteiger partial charge in [0.05, 0.1) is 63.1 Å². The van der Waals surface area contributed by atoms with Crippen molar-refractivity contribution in [3.8, 4) is 16.9 Å². The summed E-state index contributed by atoms with van der Waals surface area (Å²) in [5, 5.41) is 14.3. The molecule has 4 aromatic rings. The molecule has 2 fully saturated rings. The molecule has 0 aliphatic carbocycles. The second-order valence-electron chi connectivity index (χ2n) is 20.2. The van der Waals surface area contributed by atoms with E-state index in [4.69, 9.17) is 36.6 Å². The number of likely N-dealkylation sites (tertiary alicyclic amines) is 2. The minimum atomic E-state index is -0.819. The number of nitrogens with zero attached hydrogens (tertiary/aromatic N) is 8. The highest BCUT2D eigenvalue weighted by Gasteiger charge is 2.43. The van der Waals surface area contributed by atoms with Crippen LogP contribution in [-0.4, -0.2) is 166 Å². The van der Waals surface area contributed by atoms with E-state index in [2.05, 4.69) is 25.8 Å². The van der Waals surface area contributed by atoms with Gasteiger partial charge in [-0.15, -0.1) is 16.9 Å². The molecule has 4 aliphatic heterocycles. The molecule has 0 radical (unpaired) electrons. The van der Waals surface area contributed by atoms with Crippen molar-refractivity contribution in [3.63, 3.8) is 0 Å². The summed E-state index contributed by atoms with van der Waals surface area (Å²) in [6.07, 6.45) is 3.67. The second-order valence-corrected chi connectivity index (χ2v) is 21.3. The van der Waals surface area contributed by atoms with Crippen LogP contribution in [0.3, 0.4) is 0 Å². The van der Waals surface area contributed by atoms with Crippen LogP contribution in [0.4, 0.5) is 16.0 Å². The topological polar surface area (TPSA) is 249 Å². The number of ether oxygens (including phenoxy) is 3. The first-order chi connectivity index (χ1) is 38.0. The normalized spacial score (nSPS) is 19.2. The number of rotatable bonds is 20. The van der Waals surface area contributed by atoms with Crippen LogP contribution in [0.25, 0.3) is 16.0 Å². The van der Waals surface area contributed by atoms with Crippen molar-refractivity contribution in [2.24, 2.45) is 10.9 Å². The first-order valence-electron chi connectivity index (χ1n) is 26.8. The number of likely N-dealkylation sites (N-methyl/N-ethyl adjacent to an activating group) is 1. The van der Waals surface area contributed by atoms with Gasteiger partial charge in [-0.1, -0.05) is 24.3 Å². The van der Waals surface area contributed by atoms with Gasteiger partial charge in [-0.3, -0.25) is 33.8 Å². The number of nitrogens with one attached hydrogen (secondary N) is 3. The Balaban J connectivity index is 0.758. The van der Waals surface area contributed by atoms with Crippen molar-refractivity contribution in [1.29, 1.82) is 0 Å². The second kappa shape index (κ2) is 26.6. The maximum atomic E-state index is 14.5. The van der Waals surface area contributed by atoms with E-state index < -0.39 is 30.0 Å². The first-order valence-corrected chi connectivity index (χ1v) is 27.8. The Morgan fingerprint density at radius 2 is 1.73 bits per heavy atom. The molecule has 2 aromatic carbocycles. The molecule has 2 saturated heterocycles. The molecule has 8 rings (SSSR count). The number of thioether (sulfide) groups is 1. The molecule has 420 valence electrons. The van der Waals surface area contributed by atoms with Crippen molar-refractivity contribution in [2.45, 2.75) is 103 Å². The number of anilines is 1. The van der Waals surface area contributed by atoms with E-state index in [1.54, 1.807) is 54.0 Å². The Morgan fingerprint density at radius 1 is 1.00 bits per heavy atom. The lowest BCUT2D eigenvalue weighted by molar-refractivity contribution is -0.140. The van der Waals surface area contributed by atoms with Crippen molar-refractivity contribution >= 4 is 63.8 Å². The van der Waals surface area contributed by atoms with Crippen LogP contribution >= 0.6 is 11.8 Å². The third kappa shape index (κ3) is 14.0. The minimum Gasteiger partial charge on any atom is -0.482 e. The molecular formula is C56H69FN12O9S. The number of piperidine rings is 1. The number of pyridine rings is 1. The van der Waals surface area contributed by atoms with E-state index in [0.29, 0.717) is 89.0 Å². The number of ketones is 1.